The molecule has 0 spiro atoms. The summed E-state index contributed by atoms with van der Waals surface area (Å²) in [4.78, 5) is 16.4. The average Bonchev–Trinajstić information content (AvgIpc) is 4.03. The number of hydrogen-bond acceptors (Lipinski definition) is 5. The highest BCUT2D eigenvalue weighted by molar-refractivity contribution is 6.15. The van der Waals surface area contributed by atoms with Crippen LogP contribution in [0.2, 0.25) is 0 Å². The van der Waals surface area contributed by atoms with Crippen molar-refractivity contribution >= 4 is 65.4 Å². The van der Waals surface area contributed by atoms with Crippen molar-refractivity contribution < 1.29 is 8.83 Å². The average molecular weight is 822 g/mol. The van der Waals surface area contributed by atoms with Gasteiger partial charge in [0.25, 0.3) is 0 Å². The molecule has 12 aromatic rings. The Morgan fingerprint density at radius 3 is 1.73 bits per heavy atom. The van der Waals surface area contributed by atoms with Crippen LogP contribution in [-0.4, -0.2) is 15.0 Å². The molecule has 3 aromatic heterocycles. The molecule has 0 saturated heterocycles. The van der Waals surface area contributed by atoms with Crippen LogP contribution in [0.1, 0.15) is 49.9 Å². The number of rotatable bonds is 3. The molecule has 0 radical (unpaired) electrons. The molecule has 302 valence electrons. The SMILES string of the molecule is CC1(C)c2ccccc2-c2cc3c(ccc4ccc(-c5nc(-c6cc7oc8ccccc8c7c7c6-c6ccccc6C7(C)C)nc(-c6cccc7oc8ccccc8c67)n5)cc43)cc21. The molecular formula is C59H39N3O2. The third kappa shape index (κ3) is 4.70. The van der Waals surface area contributed by atoms with Gasteiger partial charge in [0.05, 0.1) is 0 Å². The molecule has 2 aliphatic carbocycles. The topological polar surface area (TPSA) is 65.0 Å². The molecule has 0 N–H and O–H groups in total. The van der Waals surface area contributed by atoms with Gasteiger partial charge in [0.2, 0.25) is 0 Å². The van der Waals surface area contributed by atoms with Crippen molar-refractivity contribution in [3.8, 4) is 56.4 Å². The Labute approximate surface area is 368 Å². The van der Waals surface area contributed by atoms with E-state index in [9.17, 15) is 0 Å². The van der Waals surface area contributed by atoms with Gasteiger partial charge in [-0.3, -0.25) is 0 Å². The maximum absolute atomic E-state index is 6.73. The predicted molar refractivity (Wildman–Crippen MR) is 261 cm³/mol. The molecule has 9 aromatic carbocycles. The van der Waals surface area contributed by atoms with E-state index >= 15 is 0 Å². The standard InChI is InChI=1S/C59H39N3O2/c1-58(2)44-19-9-5-14-35(44)42-30-41-33(29-46(42)58)26-24-32-25-27-34(28-40(32)41)55-60-56(39-18-13-23-49-51(39)37-16-7-11-21-47(37)63-49)62-57(61-55)43-31-50-53(38-17-8-12-22-48(38)64-50)54-52(43)36-15-6-10-20-45(36)59(54,3)4/h5-31H,1-4H3. The highest BCUT2D eigenvalue weighted by Crippen LogP contribution is 2.56. The van der Waals surface area contributed by atoms with Gasteiger partial charge < -0.3 is 8.83 Å². The molecule has 5 heteroatoms. The van der Waals surface area contributed by atoms with Crippen LogP contribution in [0.4, 0.5) is 0 Å². The van der Waals surface area contributed by atoms with Gasteiger partial charge in [-0.2, -0.15) is 0 Å². The molecule has 0 bridgehead atoms. The van der Waals surface area contributed by atoms with Crippen LogP contribution in [0.15, 0.2) is 173 Å². The van der Waals surface area contributed by atoms with Crippen molar-refractivity contribution in [2.75, 3.05) is 0 Å². The number of hydrogen-bond donors (Lipinski definition) is 0. The Kier molecular flexibility index (Phi) is 6.91. The van der Waals surface area contributed by atoms with Gasteiger partial charge in [-0.15, -0.1) is 0 Å². The lowest BCUT2D eigenvalue weighted by Gasteiger charge is -2.22. The second-order valence-electron chi connectivity index (χ2n) is 18.7. The summed E-state index contributed by atoms with van der Waals surface area (Å²) in [7, 11) is 0. The Morgan fingerprint density at radius 2 is 0.938 bits per heavy atom. The van der Waals surface area contributed by atoms with Crippen molar-refractivity contribution in [3.63, 3.8) is 0 Å². The summed E-state index contributed by atoms with van der Waals surface area (Å²) in [6.45, 7) is 9.33. The van der Waals surface area contributed by atoms with E-state index in [-0.39, 0.29) is 10.8 Å². The van der Waals surface area contributed by atoms with Gasteiger partial charge in [-0.25, -0.2) is 15.0 Å². The highest BCUT2D eigenvalue weighted by atomic mass is 16.3. The van der Waals surface area contributed by atoms with Crippen LogP contribution in [0, 0.1) is 0 Å². The van der Waals surface area contributed by atoms with Crippen LogP contribution >= 0.6 is 0 Å². The Balaban J connectivity index is 1.07. The zero-order valence-electron chi connectivity index (χ0n) is 35.7. The zero-order valence-corrected chi connectivity index (χ0v) is 35.7. The number of nitrogens with zero attached hydrogens (tertiary/aromatic N) is 3. The van der Waals surface area contributed by atoms with Crippen LogP contribution in [0.3, 0.4) is 0 Å². The van der Waals surface area contributed by atoms with E-state index in [1.807, 2.05) is 30.3 Å². The van der Waals surface area contributed by atoms with Crippen molar-refractivity contribution in [2.45, 2.75) is 38.5 Å². The molecule has 0 unspecified atom stereocenters. The third-order valence-electron chi connectivity index (χ3n) is 14.5. The lowest BCUT2D eigenvalue weighted by atomic mass is 9.80. The smallest absolute Gasteiger partial charge is 0.164 e. The lowest BCUT2D eigenvalue weighted by Crippen LogP contribution is -2.15. The highest BCUT2D eigenvalue weighted by Gasteiger charge is 2.41. The van der Waals surface area contributed by atoms with E-state index < -0.39 is 0 Å². The van der Waals surface area contributed by atoms with E-state index in [1.165, 1.54) is 49.7 Å². The predicted octanol–water partition coefficient (Wildman–Crippen LogP) is 15.6. The van der Waals surface area contributed by atoms with E-state index in [0.717, 1.165) is 76.9 Å². The maximum Gasteiger partial charge on any atom is 0.164 e. The Morgan fingerprint density at radius 1 is 0.359 bits per heavy atom. The van der Waals surface area contributed by atoms with E-state index in [4.69, 9.17) is 23.8 Å². The monoisotopic (exact) mass is 821 g/mol. The van der Waals surface area contributed by atoms with Gasteiger partial charge in [0, 0.05) is 49.1 Å². The summed E-state index contributed by atoms with van der Waals surface area (Å²) in [5.74, 6) is 1.77. The largest absolute Gasteiger partial charge is 0.456 e. The molecule has 0 atom stereocenters. The number of benzene rings is 9. The van der Waals surface area contributed by atoms with E-state index in [1.54, 1.807) is 0 Å². The fourth-order valence-corrected chi connectivity index (χ4v) is 11.4. The van der Waals surface area contributed by atoms with E-state index in [0.29, 0.717) is 17.5 Å². The van der Waals surface area contributed by atoms with Crippen molar-refractivity contribution in [2.24, 2.45) is 0 Å². The molecule has 0 fully saturated rings. The zero-order chi connectivity index (χ0) is 42.6. The minimum absolute atomic E-state index is 0.0843. The first-order valence-corrected chi connectivity index (χ1v) is 22.1. The first-order valence-electron chi connectivity index (χ1n) is 22.1. The Hall–Kier alpha value is -7.89. The Bertz CT molecular complexity index is 4030. The number of fused-ring (bicyclic) bond motifs is 16. The summed E-state index contributed by atoms with van der Waals surface area (Å²) in [6.07, 6.45) is 0. The first kappa shape index (κ1) is 35.7. The fraction of sp³-hybridized carbons (Fsp3) is 0.102. The van der Waals surface area contributed by atoms with Crippen LogP contribution < -0.4 is 0 Å². The van der Waals surface area contributed by atoms with Crippen LogP contribution in [-0.2, 0) is 10.8 Å². The molecule has 14 rings (SSSR count). The molecule has 64 heavy (non-hydrogen) atoms. The number of para-hydroxylation sites is 2. The van der Waals surface area contributed by atoms with Gasteiger partial charge in [-0.1, -0.05) is 149 Å². The van der Waals surface area contributed by atoms with Gasteiger partial charge in [0.15, 0.2) is 17.5 Å². The molecule has 5 nitrogen and oxygen atoms in total. The normalized spacial score (nSPS) is 14.5. The lowest BCUT2D eigenvalue weighted by molar-refractivity contribution is 0.657. The van der Waals surface area contributed by atoms with Gasteiger partial charge in [-0.05, 0) is 109 Å². The minimum atomic E-state index is -0.317. The quantitative estimate of drug-likeness (QED) is 0.166. The van der Waals surface area contributed by atoms with Crippen LogP contribution in [0.5, 0.6) is 0 Å². The van der Waals surface area contributed by atoms with Crippen molar-refractivity contribution in [1.29, 1.82) is 0 Å². The number of furan rings is 2. The summed E-state index contributed by atoms with van der Waals surface area (Å²) < 4.78 is 13.1. The maximum atomic E-state index is 6.73. The van der Waals surface area contributed by atoms with Gasteiger partial charge in [0.1, 0.15) is 22.3 Å². The summed E-state index contributed by atoms with van der Waals surface area (Å²) >= 11 is 0. The molecule has 0 aliphatic heterocycles. The van der Waals surface area contributed by atoms with Gasteiger partial charge >= 0.3 is 0 Å². The molecule has 0 saturated carbocycles. The van der Waals surface area contributed by atoms with Crippen molar-refractivity contribution in [1.82, 2.24) is 15.0 Å². The molecule has 0 amide bonds. The third-order valence-corrected chi connectivity index (χ3v) is 14.5. The first-order chi connectivity index (χ1) is 31.2. The van der Waals surface area contributed by atoms with Crippen molar-refractivity contribution in [3.05, 3.63) is 186 Å². The second-order valence-corrected chi connectivity index (χ2v) is 18.7. The molecular weight excluding hydrogens is 783 g/mol. The summed E-state index contributed by atoms with van der Waals surface area (Å²) in [5.41, 5.74) is 15.8. The molecule has 2 aliphatic rings. The molecule has 3 heterocycles. The fourth-order valence-electron chi connectivity index (χ4n) is 11.4. The summed E-state index contributed by atoms with van der Waals surface area (Å²) in [6, 6.07) is 58.5. The minimum Gasteiger partial charge on any atom is -0.456 e. The second kappa shape index (κ2) is 12.4. The van der Waals surface area contributed by atoms with E-state index in [2.05, 4.69) is 161 Å². The van der Waals surface area contributed by atoms with Crippen LogP contribution in [0.25, 0.3) is 122 Å². The number of aromatic nitrogens is 3. The summed E-state index contributed by atoms with van der Waals surface area (Å²) in [5, 5.41) is 9.00.